The third-order valence-corrected chi connectivity index (χ3v) is 3.31. The molecule has 0 saturated carbocycles. The topological polar surface area (TPSA) is 49.4 Å². The lowest BCUT2D eigenvalue weighted by Crippen LogP contribution is -2.48. The van der Waals surface area contributed by atoms with E-state index in [0.29, 0.717) is 25.9 Å². The van der Waals surface area contributed by atoms with Gasteiger partial charge in [0.2, 0.25) is 11.8 Å². The molecule has 0 aliphatic heterocycles. The Morgan fingerprint density at radius 2 is 1.81 bits per heavy atom. The molecule has 0 aliphatic carbocycles. The average molecular weight is 294 g/mol. The van der Waals surface area contributed by atoms with Crippen LogP contribution in [0.2, 0.25) is 0 Å². The third kappa shape index (κ3) is 4.85. The Bertz CT molecular complexity index is 474. The van der Waals surface area contributed by atoms with Gasteiger partial charge in [0.1, 0.15) is 11.9 Å². The summed E-state index contributed by atoms with van der Waals surface area (Å²) < 4.78 is 13.0. The molecular weight excluding hydrogens is 271 g/mol. The van der Waals surface area contributed by atoms with Gasteiger partial charge in [-0.25, -0.2) is 4.39 Å². The summed E-state index contributed by atoms with van der Waals surface area (Å²) in [5.41, 5.74) is 0.806. The highest BCUT2D eigenvalue weighted by Gasteiger charge is 2.27. The van der Waals surface area contributed by atoms with Gasteiger partial charge in [0.15, 0.2) is 0 Å². The molecule has 1 unspecified atom stereocenters. The Kier molecular flexibility index (Phi) is 6.85. The second-order valence-corrected chi connectivity index (χ2v) is 4.82. The summed E-state index contributed by atoms with van der Waals surface area (Å²) >= 11 is 0. The van der Waals surface area contributed by atoms with Crippen LogP contribution in [0.4, 0.5) is 4.39 Å². The molecule has 0 heterocycles. The van der Waals surface area contributed by atoms with E-state index in [9.17, 15) is 14.0 Å². The van der Waals surface area contributed by atoms with Crippen molar-refractivity contribution < 1.29 is 14.0 Å². The molecule has 1 atom stereocenters. The normalized spacial score (nSPS) is 11.8. The number of rotatable bonds is 7. The van der Waals surface area contributed by atoms with E-state index in [1.165, 1.54) is 12.1 Å². The lowest BCUT2D eigenvalue weighted by atomic mass is 10.1. The predicted octanol–water partition coefficient (Wildman–Crippen LogP) is 2.48. The second-order valence-electron chi connectivity index (χ2n) is 4.82. The van der Waals surface area contributed by atoms with Crippen LogP contribution < -0.4 is 5.32 Å². The second kappa shape index (κ2) is 8.39. The molecule has 21 heavy (non-hydrogen) atoms. The first-order valence-electron chi connectivity index (χ1n) is 7.35. The van der Waals surface area contributed by atoms with Gasteiger partial charge in [0.05, 0.1) is 0 Å². The van der Waals surface area contributed by atoms with Crippen molar-refractivity contribution in [1.82, 2.24) is 10.2 Å². The van der Waals surface area contributed by atoms with Crippen LogP contribution in [-0.2, 0) is 16.1 Å². The van der Waals surface area contributed by atoms with Gasteiger partial charge in [-0.1, -0.05) is 26.0 Å². The predicted molar refractivity (Wildman–Crippen MR) is 80.0 cm³/mol. The molecule has 2 amide bonds. The number of nitrogens with zero attached hydrogens (tertiary/aromatic N) is 1. The average Bonchev–Trinajstić information content (AvgIpc) is 2.48. The van der Waals surface area contributed by atoms with Crippen molar-refractivity contribution >= 4 is 11.8 Å². The Balaban J connectivity index is 2.95. The van der Waals surface area contributed by atoms with E-state index in [1.807, 2.05) is 13.8 Å². The number of hydrogen-bond donors (Lipinski definition) is 1. The molecule has 5 heteroatoms. The quantitative estimate of drug-likeness (QED) is 0.840. The van der Waals surface area contributed by atoms with Crippen molar-refractivity contribution in [2.45, 2.75) is 46.2 Å². The van der Waals surface area contributed by atoms with E-state index in [1.54, 1.807) is 24.0 Å². The Labute approximate surface area is 125 Å². The highest BCUT2D eigenvalue weighted by Crippen LogP contribution is 2.14. The van der Waals surface area contributed by atoms with E-state index in [4.69, 9.17) is 0 Å². The summed E-state index contributed by atoms with van der Waals surface area (Å²) in [6.45, 7) is 6.32. The van der Waals surface area contributed by atoms with Crippen LogP contribution in [0.5, 0.6) is 0 Å². The van der Waals surface area contributed by atoms with Crippen LogP contribution in [0.3, 0.4) is 0 Å². The zero-order chi connectivity index (χ0) is 15.8. The number of nitrogens with one attached hydrogen (secondary N) is 1. The maximum absolute atomic E-state index is 13.0. The van der Waals surface area contributed by atoms with Crippen molar-refractivity contribution in [3.8, 4) is 0 Å². The zero-order valence-corrected chi connectivity index (χ0v) is 12.9. The number of likely N-dealkylation sites (N-methyl/N-ethyl adjacent to an activating group) is 1. The number of hydrogen-bond acceptors (Lipinski definition) is 2. The highest BCUT2D eigenvalue weighted by molar-refractivity contribution is 5.87. The van der Waals surface area contributed by atoms with Gasteiger partial charge in [-0.05, 0) is 31.0 Å². The lowest BCUT2D eigenvalue weighted by molar-refractivity contribution is -0.141. The monoisotopic (exact) mass is 294 g/mol. The van der Waals surface area contributed by atoms with Crippen LogP contribution in [0, 0.1) is 5.82 Å². The van der Waals surface area contributed by atoms with Crippen molar-refractivity contribution in [1.29, 1.82) is 0 Å². The molecule has 0 spiro atoms. The van der Waals surface area contributed by atoms with Crippen molar-refractivity contribution in [3.05, 3.63) is 35.6 Å². The minimum absolute atomic E-state index is 0.0857. The fourth-order valence-electron chi connectivity index (χ4n) is 2.20. The van der Waals surface area contributed by atoms with E-state index >= 15 is 0 Å². The van der Waals surface area contributed by atoms with Gasteiger partial charge in [0.25, 0.3) is 0 Å². The maximum Gasteiger partial charge on any atom is 0.242 e. The van der Waals surface area contributed by atoms with E-state index in [-0.39, 0.29) is 17.6 Å². The molecule has 0 radical (unpaired) electrons. The first-order valence-corrected chi connectivity index (χ1v) is 7.35. The van der Waals surface area contributed by atoms with Gasteiger partial charge in [-0.15, -0.1) is 0 Å². The molecule has 0 fully saturated rings. The SMILES string of the molecule is CCNC(=O)C(CC)N(Cc1ccc(F)cc1)C(=O)CC. The van der Waals surface area contributed by atoms with E-state index in [2.05, 4.69) is 5.32 Å². The number of halogens is 1. The number of benzene rings is 1. The molecule has 1 aromatic carbocycles. The maximum atomic E-state index is 13.0. The first-order chi connectivity index (χ1) is 10.0. The van der Waals surface area contributed by atoms with Crippen molar-refractivity contribution in [2.75, 3.05) is 6.54 Å². The first kappa shape index (κ1) is 17.1. The summed E-state index contributed by atoms with van der Waals surface area (Å²) in [5, 5.41) is 2.76. The fraction of sp³-hybridized carbons (Fsp3) is 0.500. The summed E-state index contributed by atoms with van der Waals surface area (Å²) in [6, 6.07) is 5.49. The minimum Gasteiger partial charge on any atom is -0.355 e. The van der Waals surface area contributed by atoms with Gasteiger partial charge < -0.3 is 10.2 Å². The molecule has 0 aromatic heterocycles. The number of carbonyl (C=O) groups is 2. The molecule has 0 saturated heterocycles. The molecule has 1 rings (SSSR count). The minimum atomic E-state index is -0.498. The van der Waals surface area contributed by atoms with Crippen molar-refractivity contribution in [2.24, 2.45) is 0 Å². The molecule has 116 valence electrons. The fourth-order valence-corrected chi connectivity index (χ4v) is 2.20. The van der Waals surface area contributed by atoms with E-state index < -0.39 is 6.04 Å². The van der Waals surface area contributed by atoms with Crippen LogP contribution in [0.15, 0.2) is 24.3 Å². The molecular formula is C16H23FN2O2. The van der Waals surface area contributed by atoms with Crippen LogP contribution in [0.1, 0.15) is 39.2 Å². The van der Waals surface area contributed by atoms with Crippen LogP contribution >= 0.6 is 0 Å². The molecule has 1 N–H and O–H groups in total. The smallest absolute Gasteiger partial charge is 0.242 e. The van der Waals surface area contributed by atoms with Gasteiger partial charge in [-0.2, -0.15) is 0 Å². The summed E-state index contributed by atoms with van der Waals surface area (Å²) in [4.78, 5) is 25.8. The standard InChI is InChI=1S/C16H23FN2O2/c1-4-14(16(21)18-6-3)19(15(20)5-2)11-12-7-9-13(17)10-8-12/h7-10,14H,4-6,11H2,1-3H3,(H,18,21). The number of amides is 2. The number of carbonyl (C=O) groups excluding carboxylic acids is 2. The van der Waals surface area contributed by atoms with E-state index in [0.717, 1.165) is 5.56 Å². The third-order valence-electron chi connectivity index (χ3n) is 3.31. The Hall–Kier alpha value is -1.91. The van der Waals surface area contributed by atoms with Gasteiger partial charge in [-0.3, -0.25) is 9.59 Å². The summed E-state index contributed by atoms with van der Waals surface area (Å²) in [6.07, 6.45) is 0.871. The van der Waals surface area contributed by atoms with Crippen molar-refractivity contribution in [3.63, 3.8) is 0 Å². The Morgan fingerprint density at radius 1 is 1.19 bits per heavy atom. The molecule has 0 aliphatic rings. The van der Waals surface area contributed by atoms with Crippen LogP contribution in [0.25, 0.3) is 0 Å². The Morgan fingerprint density at radius 3 is 2.29 bits per heavy atom. The molecule has 4 nitrogen and oxygen atoms in total. The molecule has 1 aromatic rings. The van der Waals surface area contributed by atoms with Gasteiger partial charge >= 0.3 is 0 Å². The summed E-state index contributed by atoms with van der Waals surface area (Å²) in [7, 11) is 0. The van der Waals surface area contributed by atoms with Crippen LogP contribution in [-0.4, -0.2) is 29.3 Å². The van der Waals surface area contributed by atoms with Gasteiger partial charge in [0, 0.05) is 19.5 Å². The summed E-state index contributed by atoms with van der Waals surface area (Å²) in [5.74, 6) is -0.552. The largest absolute Gasteiger partial charge is 0.355 e. The zero-order valence-electron chi connectivity index (χ0n) is 12.9. The molecule has 0 bridgehead atoms. The lowest BCUT2D eigenvalue weighted by Gasteiger charge is -2.30. The highest BCUT2D eigenvalue weighted by atomic mass is 19.1.